The van der Waals surface area contributed by atoms with Crippen molar-refractivity contribution in [1.82, 2.24) is 16.0 Å². The molecule has 1 saturated heterocycles. The topological polar surface area (TPSA) is 62.4 Å². The molecule has 0 aromatic heterocycles. The predicted octanol–water partition coefficient (Wildman–Crippen LogP) is 2.35. The highest BCUT2D eigenvalue weighted by molar-refractivity contribution is 5.74. The van der Waals surface area contributed by atoms with Gasteiger partial charge in [0.2, 0.25) is 0 Å². The van der Waals surface area contributed by atoms with Crippen LogP contribution in [0, 0.1) is 0 Å². The molecule has 3 N–H and O–H groups in total. The molecule has 23 heavy (non-hydrogen) atoms. The van der Waals surface area contributed by atoms with Crippen LogP contribution in [-0.4, -0.2) is 37.4 Å². The summed E-state index contributed by atoms with van der Waals surface area (Å²) in [5, 5.41) is 9.79. The number of carbonyl (C=O) groups is 1. The Morgan fingerprint density at radius 1 is 1.26 bits per heavy atom. The minimum absolute atomic E-state index is 0.0486. The smallest absolute Gasteiger partial charge is 0.315 e. The van der Waals surface area contributed by atoms with Crippen LogP contribution in [0.4, 0.5) is 4.79 Å². The summed E-state index contributed by atoms with van der Waals surface area (Å²) >= 11 is 0. The van der Waals surface area contributed by atoms with Crippen LogP contribution in [0.1, 0.15) is 44.2 Å². The molecule has 5 nitrogen and oxygen atoms in total. The molecule has 1 aromatic rings. The van der Waals surface area contributed by atoms with Crippen molar-refractivity contribution in [2.24, 2.45) is 0 Å². The van der Waals surface area contributed by atoms with Crippen molar-refractivity contribution >= 4 is 6.03 Å². The predicted molar refractivity (Wildman–Crippen MR) is 90.3 cm³/mol. The van der Waals surface area contributed by atoms with Gasteiger partial charge in [0.25, 0.3) is 0 Å². The number of hydrogen-bond acceptors (Lipinski definition) is 3. The largest absolute Gasteiger partial charge is 0.381 e. The van der Waals surface area contributed by atoms with Crippen molar-refractivity contribution in [2.45, 2.75) is 50.2 Å². The Hall–Kier alpha value is -1.59. The van der Waals surface area contributed by atoms with E-state index in [1.54, 1.807) is 0 Å². The molecule has 0 radical (unpaired) electrons. The van der Waals surface area contributed by atoms with E-state index in [0.29, 0.717) is 12.6 Å². The van der Waals surface area contributed by atoms with Crippen LogP contribution in [0.25, 0.3) is 0 Å². The van der Waals surface area contributed by atoms with E-state index in [2.05, 4.69) is 47.1 Å². The van der Waals surface area contributed by atoms with Gasteiger partial charge < -0.3 is 20.7 Å². The van der Waals surface area contributed by atoms with E-state index in [1.807, 2.05) is 6.07 Å². The summed E-state index contributed by atoms with van der Waals surface area (Å²) in [7, 11) is 0. The lowest BCUT2D eigenvalue weighted by Crippen LogP contribution is -2.58. The quantitative estimate of drug-likeness (QED) is 0.755. The lowest BCUT2D eigenvalue weighted by atomic mass is 9.88. The van der Waals surface area contributed by atoms with Crippen molar-refractivity contribution in [2.75, 3.05) is 19.8 Å². The Morgan fingerprint density at radius 3 is 2.61 bits per heavy atom. The zero-order valence-electron chi connectivity index (χ0n) is 13.8. The molecule has 2 fully saturated rings. The van der Waals surface area contributed by atoms with Crippen LogP contribution in [0.5, 0.6) is 0 Å². The SMILES string of the molecule is C[C@@H](NC1(CNC(=O)NC2CC2)CCOCC1)c1ccccc1. The van der Waals surface area contributed by atoms with Crippen molar-refractivity contribution in [3.05, 3.63) is 35.9 Å². The van der Waals surface area contributed by atoms with Crippen LogP contribution in [0.15, 0.2) is 30.3 Å². The first-order valence-corrected chi connectivity index (χ1v) is 8.62. The van der Waals surface area contributed by atoms with Crippen LogP contribution < -0.4 is 16.0 Å². The van der Waals surface area contributed by atoms with Gasteiger partial charge >= 0.3 is 6.03 Å². The standard InChI is InChI=1S/C18H27N3O2/c1-14(15-5-3-2-4-6-15)21-18(9-11-23-12-10-18)13-19-17(22)20-16-7-8-16/h2-6,14,16,21H,7-13H2,1H3,(H2,19,20,22)/t14-/m1/s1. The number of nitrogens with one attached hydrogen (secondary N) is 3. The van der Waals surface area contributed by atoms with Crippen molar-refractivity contribution in [3.8, 4) is 0 Å². The minimum atomic E-state index is -0.103. The molecule has 0 unspecified atom stereocenters. The van der Waals surface area contributed by atoms with Crippen molar-refractivity contribution in [3.63, 3.8) is 0 Å². The Balaban J connectivity index is 1.60. The van der Waals surface area contributed by atoms with Gasteiger partial charge in [-0.05, 0) is 38.2 Å². The number of benzene rings is 1. The van der Waals surface area contributed by atoms with Gasteiger partial charge in [0.05, 0.1) is 0 Å². The molecule has 5 heteroatoms. The van der Waals surface area contributed by atoms with E-state index in [1.165, 1.54) is 5.56 Å². The van der Waals surface area contributed by atoms with Crippen LogP contribution in [0.3, 0.4) is 0 Å². The monoisotopic (exact) mass is 317 g/mol. The minimum Gasteiger partial charge on any atom is -0.381 e. The molecule has 2 amide bonds. The van der Waals surface area contributed by atoms with Crippen molar-refractivity contribution in [1.29, 1.82) is 0 Å². The van der Waals surface area contributed by atoms with Gasteiger partial charge in [-0.25, -0.2) is 4.79 Å². The van der Waals surface area contributed by atoms with E-state index < -0.39 is 0 Å². The van der Waals surface area contributed by atoms with Gasteiger partial charge in [0, 0.05) is 37.4 Å². The Kier molecular flexibility index (Phi) is 5.18. The fourth-order valence-electron chi connectivity index (χ4n) is 3.13. The van der Waals surface area contributed by atoms with E-state index in [9.17, 15) is 4.79 Å². The highest BCUT2D eigenvalue weighted by Crippen LogP contribution is 2.25. The number of rotatable bonds is 6. The van der Waals surface area contributed by atoms with Crippen molar-refractivity contribution < 1.29 is 9.53 Å². The lowest BCUT2D eigenvalue weighted by molar-refractivity contribution is 0.0347. The van der Waals surface area contributed by atoms with Crippen LogP contribution in [0.2, 0.25) is 0 Å². The fourth-order valence-corrected chi connectivity index (χ4v) is 3.13. The Labute approximate surface area is 138 Å². The summed E-state index contributed by atoms with van der Waals surface area (Å²) in [6.45, 7) is 4.28. The summed E-state index contributed by atoms with van der Waals surface area (Å²) in [5.41, 5.74) is 1.16. The molecular weight excluding hydrogens is 290 g/mol. The third-order valence-electron chi connectivity index (χ3n) is 4.77. The average molecular weight is 317 g/mol. The first-order chi connectivity index (χ1) is 11.2. The Bertz CT molecular complexity index is 510. The zero-order valence-corrected chi connectivity index (χ0v) is 13.8. The third-order valence-corrected chi connectivity index (χ3v) is 4.77. The number of urea groups is 1. The van der Waals surface area contributed by atoms with Crippen LogP contribution in [-0.2, 0) is 4.74 Å². The summed E-state index contributed by atoms with van der Waals surface area (Å²) in [4.78, 5) is 12.0. The molecule has 1 aliphatic carbocycles. The van der Waals surface area contributed by atoms with Crippen LogP contribution >= 0.6 is 0 Å². The Morgan fingerprint density at radius 2 is 1.96 bits per heavy atom. The maximum atomic E-state index is 12.0. The second kappa shape index (κ2) is 7.32. The number of carbonyl (C=O) groups excluding carboxylic acids is 1. The third kappa shape index (κ3) is 4.69. The maximum absolute atomic E-state index is 12.0. The molecular formula is C18H27N3O2. The summed E-state index contributed by atoms with van der Waals surface area (Å²) in [6, 6.07) is 11.0. The summed E-state index contributed by atoms with van der Waals surface area (Å²) in [6.07, 6.45) is 4.03. The average Bonchev–Trinajstić information content (AvgIpc) is 3.39. The van der Waals surface area contributed by atoms with Gasteiger partial charge in [0.15, 0.2) is 0 Å². The number of hydrogen-bond donors (Lipinski definition) is 3. The van der Waals surface area contributed by atoms with Gasteiger partial charge in [-0.15, -0.1) is 0 Å². The normalized spacial score (nSPS) is 21.4. The van der Waals surface area contributed by atoms with E-state index in [4.69, 9.17) is 4.74 Å². The highest BCUT2D eigenvalue weighted by atomic mass is 16.5. The molecule has 3 rings (SSSR count). The summed E-state index contributed by atoms with van der Waals surface area (Å²) < 4.78 is 5.53. The molecule has 0 spiro atoms. The lowest BCUT2D eigenvalue weighted by Gasteiger charge is -2.40. The van der Waals surface area contributed by atoms with E-state index in [0.717, 1.165) is 38.9 Å². The second-order valence-corrected chi connectivity index (χ2v) is 6.77. The molecule has 1 aromatic carbocycles. The van der Waals surface area contributed by atoms with E-state index >= 15 is 0 Å². The molecule has 2 aliphatic rings. The molecule has 1 saturated carbocycles. The maximum Gasteiger partial charge on any atom is 0.315 e. The zero-order chi connectivity index (χ0) is 16.1. The molecule has 1 heterocycles. The van der Waals surface area contributed by atoms with Gasteiger partial charge in [-0.1, -0.05) is 30.3 Å². The number of ether oxygens (including phenoxy) is 1. The highest BCUT2D eigenvalue weighted by Gasteiger charge is 2.34. The van der Waals surface area contributed by atoms with E-state index in [-0.39, 0.29) is 17.6 Å². The summed E-state index contributed by atoms with van der Waals surface area (Å²) in [5.74, 6) is 0. The van der Waals surface area contributed by atoms with Gasteiger partial charge in [-0.3, -0.25) is 0 Å². The molecule has 1 atom stereocenters. The molecule has 126 valence electrons. The van der Waals surface area contributed by atoms with Gasteiger partial charge in [-0.2, -0.15) is 0 Å². The molecule has 1 aliphatic heterocycles. The number of amides is 2. The first kappa shape index (κ1) is 16.3. The van der Waals surface area contributed by atoms with Gasteiger partial charge in [0.1, 0.15) is 0 Å². The molecule has 0 bridgehead atoms. The first-order valence-electron chi connectivity index (χ1n) is 8.62. The fraction of sp³-hybridized carbons (Fsp3) is 0.611. The second-order valence-electron chi connectivity index (χ2n) is 6.77.